The highest BCUT2D eigenvalue weighted by molar-refractivity contribution is 5.85. The fourth-order valence-electron chi connectivity index (χ4n) is 0.989. The summed E-state index contributed by atoms with van der Waals surface area (Å²) in [5.74, 6) is -0.621. The Hall–Kier alpha value is -1.000. The van der Waals surface area contributed by atoms with Gasteiger partial charge in [0.2, 0.25) is 0 Å². The Labute approximate surface area is 82.0 Å². The molecule has 5 heteroatoms. The number of nitrogen functional groups attached to an aromatic ring is 1. The molecule has 0 heterocycles. The third kappa shape index (κ3) is 2.47. The number of hydrogen-bond acceptors (Lipinski definition) is 3. The Bertz CT molecular complexity index is 304. The summed E-state index contributed by atoms with van der Waals surface area (Å²) < 4.78 is 12.7. The third-order valence-corrected chi connectivity index (χ3v) is 1.62. The number of phenols is 1. The molecule has 0 spiro atoms. The summed E-state index contributed by atoms with van der Waals surface area (Å²) in [5.41, 5.74) is 11.1. The lowest BCUT2D eigenvalue weighted by atomic mass is 10.1. The minimum atomic E-state index is -0.488. The molecule has 1 rings (SSSR count). The molecule has 0 unspecified atom stereocenters. The van der Waals surface area contributed by atoms with Crippen LogP contribution in [0, 0.1) is 5.82 Å². The van der Waals surface area contributed by atoms with Crippen molar-refractivity contribution in [1.82, 2.24) is 0 Å². The quantitative estimate of drug-likeness (QED) is 0.482. The van der Waals surface area contributed by atoms with Crippen molar-refractivity contribution in [1.29, 1.82) is 0 Å². The van der Waals surface area contributed by atoms with Gasteiger partial charge in [0.25, 0.3) is 0 Å². The van der Waals surface area contributed by atoms with Crippen molar-refractivity contribution in [3.05, 3.63) is 23.5 Å². The summed E-state index contributed by atoms with van der Waals surface area (Å²) in [6.07, 6.45) is 0. The number of hydrogen-bond donors (Lipinski definition) is 3. The van der Waals surface area contributed by atoms with Gasteiger partial charge in [-0.25, -0.2) is 4.39 Å². The van der Waals surface area contributed by atoms with Crippen LogP contribution in [0.25, 0.3) is 0 Å². The summed E-state index contributed by atoms with van der Waals surface area (Å²) in [7, 11) is 0. The first-order valence-electron chi connectivity index (χ1n) is 3.56. The van der Waals surface area contributed by atoms with Crippen molar-refractivity contribution in [2.45, 2.75) is 13.0 Å². The first kappa shape index (κ1) is 12.0. The van der Waals surface area contributed by atoms with Crippen LogP contribution in [0.2, 0.25) is 0 Å². The maximum Gasteiger partial charge on any atom is 0.143 e. The summed E-state index contributed by atoms with van der Waals surface area (Å²) in [4.78, 5) is 0. The van der Waals surface area contributed by atoms with E-state index in [2.05, 4.69) is 0 Å². The SMILES string of the molecule is C[C@@H](N)c1cc(F)cc(N)c1O.Cl. The van der Waals surface area contributed by atoms with E-state index < -0.39 is 11.9 Å². The molecule has 5 N–H and O–H groups in total. The zero-order valence-electron chi connectivity index (χ0n) is 7.12. The molecule has 0 aromatic heterocycles. The molecule has 0 aliphatic carbocycles. The van der Waals surface area contributed by atoms with Gasteiger partial charge in [-0.2, -0.15) is 0 Å². The van der Waals surface area contributed by atoms with E-state index >= 15 is 0 Å². The first-order valence-corrected chi connectivity index (χ1v) is 3.56. The van der Waals surface area contributed by atoms with Crippen LogP contribution in [-0.4, -0.2) is 5.11 Å². The molecule has 0 aliphatic rings. The van der Waals surface area contributed by atoms with E-state index in [1.54, 1.807) is 6.92 Å². The molecule has 0 aliphatic heterocycles. The second-order valence-corrected chi connectivity index (χ2v) is 2.72. The molecule has 0 fully saturated rings. The van der Waals surface area contributed by atoms with Gasteiger partial charge in [0.05, 0.1) is 5.69 Å². The molecule has 74 valence electrons. The lowest BCUT2D eigenvalue weighted by Crippen LogP contribution is -2.06. The van der Waals surface area contributed by atoms with E-state index in [1.807, 2.05) is 0 Å². The van der Waals surface area contributed by atoms with Crippen molar-refractivity contribution >= 4 is 18.1 Å². The van der Waals surface area contributed by atoms with Crippen molar-refractivity contribution < 1.29 is 9.50 Å². The van der Waals surface area contributed by atoms with Gasteiger partial charge in [0.15, 0.2) is 0 Å². The Morgan fingerprint density at radius 2 is 2.00 bits per heavy atom. The summed E-state index contributed by atoms with van der Waals surface area (Å²) in [6.45, 7) is 1.65. The zero-order chi connectivity index (χ0) is 9.30. The standard InChI is InChI=1S/C8H11FN2O.ClH/c1-4(10)6-2-5(9)3-7(11)8(6)12;/h2-4,12H,10-11H2,1H3;1H/t4-;/m1./s1. The molecule has 1 atom stereocenters. The van der Waals surface area contributed by atoms with E-state index in [4.69, 9.17) is 11.5 Å². The van der Waals surface area contributed by atoms with E-state index in [1.165, 1.54) is 6.07 Å². The zero-order valence-corrected chi connectivity index (χ0v) is 7.94. The van der Waals surface area contributed by atoms with Crippen molar-refractivity contribution in [3.8, 4) is 5.75 Å². The molecule has 0 amide bonds. The van der Waals surface area contributed by atoms with Crippen molar-refractivity contribution in [2.75, 3.05) is 5.73 Å². The van der Waals surface area contributed by atoms with Gasteiger partial charge in [-0.3, -0.25) is 0 Å². The molecular weight excluding hydrogens is 195 g/mol. The number of benzene rings is 1. The van der Waals surface area contributed by atoms with Gasteiger partial charge in [-0.15, -0.1) is 12.4 Å². The van der Waals surface area contributed by atoms with Gasteiger partial charge in [-0.05, 0) is 13.0 Å². The van der Waals surface area contributed by atoms with Crippen LogP contribution in [0.5, 0.6) is 5.75 Å². The maximum absolute atomic E-state index is 12.7. The molecule has 0 radical (unpaired) electrons. The Balaban J connectivity index is 0.00000144. The van der Waals surface area contributed by atoms with Crippen molar-refractivity contribution in [3.63, 3.8) is 0 Å². The van der Waals surface area contributed by atoms with E-state index in [-0.39, 0.29) is 23.8 Å². The van der Waals surface area contributed by atoms with Gasteiger partial charge < -0.3 is 16.6 Å². The van der Waals surface area contributed by atoms with Crippen LogP contribution in [0.1, 0.15) is 18.5 Å². The highest BCUT2D eigenvalue weighted by Crippen LogP contribution is 2.29. The van der Waals surface area contributed by atoms with Gasteiger partial charge in [0, 0.05) is 17.7 Å². The van der Waals surface area contributed by atoms with Crippen LogP contribution in [0.15, 0.2) is 12.1 Å². The van der Waals surface area contributed by atoms with Gasteiger partial charge in [0.1, 0.15) is 11.6 Å². The molecule has 1 aromatic carbocycles. The van der Waals surface area contributed by atoms with Crippen LogP contribution in [-0.2, 0) is 0 Å². The number of anilines is 1. The van der Waals surface area contributed by atoms with E-state index in [0.29, 0.717) is 5.56 Å². The monoisotopic (exact) mass is 206 g/mol. The normalized spacial score (nSPS) is 11.9. The van der Waals surface area contributed by atoms with Gasteiger partial charge in [-0.1, -0.05) is 0 Å². The topological polar surface area (TPSA) is 72.3 Å². The molecule has 13 heavy (non-hydrogen) atoms. The number of phenolic OH excluding ortho intramolecular Hbond substituents is 1. The summed E-state index contributed by atoms with van der Waals surface area (Å²) in [6, 6.07) is 1.81. The minimum Gasteiger partial charge on any atom is -0.505 e. The van der Waals surface area contributed by atoms with E-state index in [9.17, 15) is 9.50 Å². The van der Waals surface area contributed by atoms with Crippen LogP contribution < -0.4 is 11.5 Å². The largest absolute Gasteiger partial charge is 0.505 e. The average molecular weight is 207 g/mol. The third-order valence-electron chi connectivity index (χ3n) is 1.62. The Kier molecular flexibility index (Phi) is 3.97. The van der Waals surface area contributed by atoms with Crippen LogP contribution in [0.4, 0.5) is 10.1 Å². The second-order valence-electron chi connectivity index (χ2n) is 2.72. The molecule has 0 saturated carbocycles. The predicted molar refractivity (Wildman–Crippen MR) is 52.3 cm³/mol. The Morgan fingerprint density at radius 3 is 2.46 bits per heavy atom. The maximum atomic E-state index is 12.7. The lowest BCUT2D eigenvalue weighted by molar-refractivity contribution is 0.463. The highest BCUT2D eigenvalue weighted by Gasteiger charge is 2.10. The fraction of sp³-hybridized carbons (Fsp3) is 0.250. The number of halogens is 2. The lowest BCUT2D eigenvalue weighted by Gasteiger charge is -2.09. The number of nitrogens with two attached hydrogens (primary N) is 2. The first-order chi connectivity index (χ1) is 5.52. The minimum absolute atomic E-state index is 0. The Morgan fingerprint density at radius 1 is 1.46 bits per heavy atom. The smallest absolute Gasteiger partial charge is 0.143 e. The summed E-state index contributed by atoms with van der Waals surface area (Å²) in [5, 5.41) is 9.32. The predicted octanol–water partition coefficient (Wildman–Crippen LogP) is 1.56. The second kappa shape index (κ2) is 4.30. The molecule has 0 bridgehead atoms. The molecule has 0 saturated heterocycles. The van der Waals surface area contributed by atoms with E-state index in [0.717, 1.165) is 6.07 Å². The summed E-state index contributed by atoms with van der Waals surface area (Å²) >= 11 is 0. The fourth-order valence-corrected chi connectivity index (χ4v) is 0.989. The van der Waals surface area contributed by atoms with Crippen molar-refractivity contribution in [2.24, 2.45) is 5.73 Å². The number of rotatable bonds is 1. The highest BCUT2D eigenvalue weighted by atomic mass is 35.5. The van der Waals surface area contributed by atoms with Crippen LogP contribution >= 0.6 is 12.4 Å². The molecule has 1 aromatic rings. The average Bonchev–Trinajstić information content (AvgIpc) is 1.96. The molecule has 3 nitrogen and oxygen atoms in total. The van der Waals surface area contributed by atoms with Crippen LogP contribution in [0.3, 0.4) is 0 Å². The number of aromatic hydroxyl groups is 1. The van der Waals surface area contributed by atoms with Gasteiger partial charge >= 0.3 is 0 Å². The molecular formula is C8H12ClFN2O.